The molecule has 0 spiro atoms. The maximum absolute atomic E-state index is 12.2. The quantitative estimate of drug-likeness (QED) is 0.721. The highest BCUT2D eigenvalue weighted by Gasteiger charge is 2.36. The van der Waals surface area contributed by atoms with Crippen molar-refractivity contribution in [3.8, 4) is 0 Å². The van der Waals surface area contributed by atoms with Gasteiger partial charge >= 0.3 is 12.0 Å². The van der Waals surface area contributed by atoms with Crippen molar-refractivity contribution in [2.45, 2.75) is 19.0 Å². The van der Waals surface area contributed by atoms with Crippen LogP contribution in [0, 0.1) is 0 Å². The summed E-state index contributed by atoms with van der Waals surface area (Å²) < 4.78 is 5.17. The van der Waals surface area contributed by atoms with Crippen molar-refractivity contribution in [1.82, 2.24) is 15.1 Å². The van der Waals surface area contributed by atoms with Crippen LogP contribution in [0.1, 0.15) is 6.92 Å². The Labute approximate surface area is 126 Å². The molecule has 2 saturated heterocycles. The first kappa shape index (κ1) is 15.9. The molecular weight excluding hydrogens is 298 g/mol. The maximum Gasteiger partial charge on any atom is 0.327 e. The van der Waals surface area contributed by atoms with E-state index in [9.17, 15) is 14.4 Å². The number of amides is 3. The lowest BCUT2D eigenvalue weighted by molar-refractivity contribution is -0.140. The molecule has 0 aromatic rings. The van der Waals surface area contributed by atoms with Gasteiger partial charge in [-0.2, -0.15) is 0 Å². The van der Waals surface area contributed by atoms with Gasteiger partial charge in [0.1, 0.15) is 12.1 Å². The third-order valence-corrected chi connectivity index (χ3v) is 4.47. The Hall–Kier alpha value is -1.48. The number of ether oxygens (including phenoxy) is 1. The van der Waals surface area contributed by atoms with Gasteiger partial charge in [-0.3, -0.25) is 4.79 Å². The van der Waals surface area contributed by atoms with Gasteiger partial charge in [0.05, 0.1) is 19.1 Å². The van der Waals surface area contributed by atoms with Gasteiger partial charge in [0.25, 0.3) is 0 Å². The van der Waals surface area contributed by atoms with Crippen molar-refractivity contribution in [3.63, 3.8) is 0 Å². The number of morpholine rings is 1. The topological polar surface area (TPSA) is 99.2 Å². The van der Waals surface area contributed by atoms with Crippen molar-refractivity contribution in [2.24, 2.45) is 0 Å². The number of nitrogens with zero attached hydrogens (tertiary/aromatic N) is 2. The van der Waals surface area contributed by atoms with Crippen molar-refractivity contribution in [2.75, 3.05) is 37.9 Å². The molecule has 2 unspecified atom stereocenters. The van der Waals surface area contributed by atoms with E-state index in [4.69, 9.17) is 9.84 Å². The number of rotatable bonds is 3. The Balaban J connectivity index is 1.89. The number of carbonyl (C=O) groups is 3. The van der Waals surface area contributed by atoms with Crippen LogP contribution < -0.4 is 5.32 Å². The second-order valence-electron chi connectivity index (χ2n) is 4.93. The summed E-state index contributed by atoms with van der Waals surface area (Å²) in [7, 11) is 0. The summed E-state index contributed by atoms with van der Waals surface area (Å²) >= 11 is 1.38. The summed E-state index contributed by atoms with van der Waals surface area (Å²) in [5, 5.41) is 11.6. The number of urea groups is 1. The molecule has 2 aliphatic heterocycles. The van der Waals surface area contributed by atoms with Crippen LogP contribution in [-0.2, 0) is 14.3 Å². The SMILES string of the molecule is CC(NC(=O)N1CSCC1C(=O)O)C(=O)N1CCOCC1. The van der Waals surface area contributed by atoms with E-state index in [0.717, 1.165) is 0 Å². The zero-order valence-electron chi connectivity index (χ0n) is 11.8. The Morgan fingerprint density at radius 1 is 1.33 bits per heavy atom. The average Bonchev–Trinajstić information content (AvgIpc) is 2.97. The number of thioether (sulfide) groups is 1. The predicted molar refractivity (Wildman–Crippen MR) is 76.0 cm³/mol. The predicted octanol–water partition coefficient (Wildman–Crippen LogP) is -0.597. The normalized spacial score (nSPS) is 23.8. The van der Waals surface area contributed by atoms with E-state index in [2.05, 4.69) is 5.32 Å². The van der Waals surface area contributed by atoms with E-state index in [1.807, 2.05) is 0 Å². The van der Waals surface area contributed by atoms with Crippen LogP contribution >= 0.6 is 11.8 Å². The standard InChI is InChI=1S/C12H19N3O5S/c1-8(10(16)14-2-4-20-5-3-14)13-12(19)15-7-21-6-9(15)11(17)18/h8-9H,2-7H2,1H3,(H,13,19)(H,17,18). The fourth-order valence-electron chi connectivity index (χ4n) is 2.23. The van der Waals surface area contributed by atoms with Gasteiger partial charge < -0.3 is 25.0 Å². The summed E-state index contributed by atoms with van der Waals surface area (Å²) in [6.07, 6.45) is 0. The highest BCUT2D eigenvalue weighted by atomic mass is 32.2. The average molecular weight is 317 g/mol. The molecule has 3 amide bonds. The first-order valence-corrected chi connectivity index (χ1v) is 7.90. The molecule has 2 fully saturated rings. The summed E-state index contributed by atoms with van der Waals surface area (Å²) in [6, 6.07) is -2.03. The Kier molecular flexibility index (Phi) is 5.29. The van der Waals surface area contributed by atoms with Gasteiger partial charge in [0, 0.05) is 18.8 Å². The number of hydrogen-bond acceptors (Lipinski definition) is 5. The molecule has 0 radical (unpaired) electrons. The molecule has 2 atom stereocenters. The van der Waals surface area contributed by atoms with E-state index in [1.54, 1.807) is 11.8 Å². The molecule has 8 nitrogen and oxygen atoms in total. The summed E-state index contributed by atoms with van der Waals surface area (Å²) in [6.45, 7) is 3.62. The van der Waals surface area contributed by atoms with Gasteiger partial charge in [0.2, 0.25) is 5.91 Å². The first-order valence-electron chi connectivity index (χ1n) is 6.75. The molecule has 0 aliphatic carbocycles. The van der Waals surface area contributed by atoms with E-state index < -0.39 is 24.1 Å². The molecule has 9 heteroatoms. The number of nitrogens with one attached hydrogen (secondary N) is 1. The Bertz CT molecular complexity index is 427. The molecule has 2 heterocycles. The fourth-order valence-corrected chi connectivity index (χ4v) is 3.38. The minimum absolute atomic E-state index is 0.176. The zero-order valence-corrected chi connectivity index (χ0v) is 12.6. The lowest BCUT2D eigenvalue weighted by atomic mass is 10.2. The third kappa shape index (κ3) is 3.79. The van der Waals surface area contributed by atoms with Crippen molar-refractivity contribution in [3.05, 3.63) is 0 Å². The van der Waals surface area contributed by atoms with Crippen molar-refractivity contribution < 1.29 is 24.2 Å². The molecular formula is C12H19N3O5S. The van der Waals surface area contributed by atoms with Crippen molar-refractivity contribution in [1.29, 1.82) is 0 Å². The number of aliphatic carboxylic acids is 1. The molecule has 118 valence electrons. The minimum atomic E-state index is -1.03. The summed E-state index contributed by atoms with van der Waals surface area (Å²) in [4.78, 5) is 38.2. The first-order chi connectivity index (χ1) is 10.0. The van der Waals surface area contributed by atoms with Crippen LogP contribution in [0.4, 0.5) is 4.79 Å². The van der Waals surface area contributed by atoms with E-state index in [-0.39, 0.29) is 5.91 Å². The van der Waals surface area contributed by atoms with Gasteiger partial charge in [0.15, 0.2) is 0 Å². The number of hydrogen-bond donors (Lipinski definition) is 2. The van der Waals surface area contributed by atoms with Gasteiger partial charge in [-0.15, -0.1) is 11.8 Å². The Morgan fingerprint density at radius 3 is 2.62 bits per heavy atom. The molecule has 0 aromatic carbocycles. The van der Waals surface area contributed by atoms with Gasteiger partial charge in [-0.1, -0.05) is 0 Å². The second kappa shape index (κ2) is 6.99. The molecule has 21 heavy (non-hydrogen) atoms. The lowest BCUT2D eigenvalue weighted by Gasteiger charge is -2.30. The lowest BCUT2D eigenvalue weighted by Crippen LogP contribution is -2.54. The summed E-state index contributed by atoms with van der Waals surface area (Å²) in [5.41, 5.74) is 0. The van der Waals surface area contributed by atoms with Crippen LogP contribution in [0.25, 0.3) is 0 Å². The molecule has 2 aliphatic rings. The van der Waals surface area contributed by atoms with Crippen LogP contribution in [0.2, 0.25) is 0 Å². The highest BCUT2D eigenvalue weighted by Crippen LogP contribution is 2.21. The molecule has 0 saturated carbocycles. The second-order valence-corrected chi connectivity index (χ2v) is 5.93. The van der Waals surface area contributed by atoms with Gasteiger partial charge in [-0.05, 0) is 6.92 Å². The smallest absolute Gasteiger partial charge is 0.327 e. The van der Waals surface area contributed by atoms with Crippen LogP contribution in [-0.4, -0.2) is 82.8 Å². The number of carbonyl (C=O) groups excluding carboxylic acids is 2. The molecule has 2 rings (SSSR count). The van der Waals surface area contributed by atoms with E-state index in [0.29, 0.717) is 37.9 Å². The minimum Gasteiger partial charge on any atom is -0.480 e. The van der Waals surface area contributed by atoms with Crippen LogP contribution in [0.5, 0.6) is 0 Å². The highest BCUT2D eigenvalue weighted by molar-refractivity contribution is 7.99. The molecule has 2 N–H and O–H groups in total. The molecule has 0 aromatic heterocycles. The maximum atomic E-state index is 12.2. The van der Waals surface area contributed by atoms with Crippen LogP contribution in [0.15, 0.2) is 0 Å². The van der Waals surface area contributed by atoms with Gasteiger partial charge in [-0.25, -0.2) is 9.59 Å². The number of carboxylic acids is 1. The molecule has 0 bridgehead atoms. The Morgan fingerprint density at radius 2 is 2.00 bits per heavy atom. The van der Waals surface area contributed by atoms with Crippen LogP contribution in [0.3, 0.4) is 0 Å². The van der Waals surface area contributed by atoms with E-state index in [1.165, 1.54) is 16.7 Å². The summed E-state index contributed by atoms with van der Waals surface area (Å²) in [5.74, 6) is -0.511. The third-order valence-electron chi connectivity index (χ3n) is 3.46. The fraction of sp³-hybridized carbons (Fsp3) is 0.750. The number of carboxylic acid groups (broad SMARTS) is 1. The monoisotopic (exact) mass is 317 g/mol. The van der Waals surface area contributed by atoms with Crippen molar-refractivity contribution >= 4 is 29.7 Å². The largest absolute Gasteiger partial charge is 0.480 e. The zero-order chi connectivity index (χ0) is 15.4. The van der Waals surface area contributed by atoms with E-state index >= 15 is 0 Å².